The molecule has 0 aliphatic carbocycles. The van der Waals surface area contributed by atoms with Crippen LogP contribution in [0.2, 0.25) is 0 Å². The minimum atomic E-state index is -1.23. The lowest BCUT2D eigenvalue weighted by Gasteiger charge is -2.26. The van der Waals surface area contributed by atoms with Crippen LogP contribution in [0.1, 0.15) is 24.4 Å². The summed E-state index contributed by atoms with van der Waals surface area (Å²) in [6, 6.07) is 9.07. The zero-order valence-electron chi connectivity index (χ0n) is 19.1. The average Bonchev–Trinajstić information content (AvgIpc) is 3.56. The van der Waals surface area contributed by atoms with E-state index in [-0.39, 0.29) is 31.1 Å². The number of β-amino-alcohol motifs (C(OH)–C–C–N with tert-alkyl or cyclic N) is 1. The number of carbonyl (C=O) groups is 1. The number of likely N-dealkylation sites (tertiary alicyclic amines) is 1. The van der Waals surface area contributed by atoms with E-state index in [1.54, 1.807) is 39.9 Å². The van der Waals surface area contributed by atoms with Gasteiger partial charge >= 0.3 is 6.03 Å². The Morgan fingerprint density at radius 3 is 2.81 bits per heavy atom. The number of carbonyl (C=O) groups excluding carboxylic acids is 1. The van der Waals surface area contributed by atoms with Crippen molar-refractivity contribution in [1.29, 1.82) is 0 Å². The predicted octanol–water partition coefficient (Wildman–Crippen LogP) is 4.05. The van der Waals surface area contributed by atoms with Crippen LogP contribution >= 0.6 is 0 Å². The molecule has 8 nitrogen and oxygen atoms in total. The largest absolute Gasteiger partial charge is 0.391 e. The number of amides is 2. The third-order valence-electron chi connectivity index (χ3n) is 6.84. The average molecular weight is 496 g/mol. The molecule has 0 radical (unpaired) electrons. The molecule has 2 aliphatic heterocycles. The van der Waals surface area contributed by atoms with E-state index in [0.717, 1.165) is 18.2 Å². The first kappa shape index (κ1) is 22.6. The molecule has 2 N–H and O–H groups in total. The van der Waals surface area contributed by atoms with Gasteiger partial charge < -0.3 is 20.2 Å². The highest BCUT2D eigenvalue weighted by Crippen LogP contribution is 2.39. The molecule has 4 heterocycles. The van der Waals surface area contributed by atoms with Gasteiger partial charge in [-0.3, -0.25) is 0 Å². The summed E-state index contributed by atoms with van der Waals surface area (Å²) in [5, 5.41) is 17.8. The van der Waals surface area contributed by atoms with Crippen LogP contribution in [0.5, 0.6) is 0 Å². The van der Waals surface area contributed by atoms with Crippen LogP contribution in [0.3, 0.4) is 0 Å². The van der Waals surface area contributed by atoms with Gasteiger partial charge in [-0.2, -0.15) is 5.10 Å². The lowest BCUT2D eigenvalue weighted by Crippen LogP contribution is -2.33. The van der Waals surface area contributed by atoms with Crippen LogP contribution in [0, 0.1) is 11.6 Å². The number of nitrogens with one attached hydrogen (secondary N) is 1. The Balaban J connectivity index is 1.40. The van der Waals surface area contributed by atoms with Gasteiger partial charge in [0.15, 0.2) is 5.65 Å². The Hall–Kier alpha value is -3.86. The summed E-state index contributed by atoms with van der Waals surface area (Å²) in [6.07, 6.45) is 0.435. The van der Waals surface area contributed by atoms with Crippen LogP contribution in [-0.4, -0.2) is 62.5 Å². The molecule has 2 amide bonds. The smallest absolute Gasteiger partial charge is 0.321 e. The van der Waals surface area contributed by atoms with Gasteiger partial charge in [0.2, 0.25) is 0 Å². The number of anilines is 2. The van der Waals surface area contributed by atoms with Gasteiger partial charge in [0.25, 0.3) is 0 Å². The van der Waals surface area contributed by atoms with Crippen LogP contribution < -0.4 is 10.2 Å². The number of rotatable bonds is 3. The van der Waals surface area contributed by atoms with Crippen molar-refractivity contribution in [3.63, 3.8) is 0 Å². The number of alkyl halides is 1. The van der Waals surface area contributed by atoms with E-state index >= 15 is 0 Å². The van der Waals surface area contributed by atoms with E-state index in [0.29, 0.717) is 41.0 Å². The van der Waals surface area contributed by atoms with Crippen LogP contribution in [0.25, 0.3) is 16.6 Å². The van der Waals surface area contributed by atoms with Crippen molar-refractivity contribution in [3.8, 4) is 0 Å². The van der Waals surface area contributed by atoms with Crippen molar-refractivity contribution in [2.75, 3.05) is 29.9 Å². The maximum atomic E-state index is 14.6. The van der Waals surface area contributed by atoms with Crippen molar-refractivity contribution < 1.29 is 23.1 Å². The molecule has 1 unspecified atom stereocenters. The van der Waals surface area contributed by atoms with Crippen molar-refractivity contribution in [2.24, 2.45) is 0 Å². The highest BCUT2D eigenvalue weighted by Gasteiger charge is 2.36. The number of hydrogen-bond donors (Lipinski definition) is 2. The molecular weight excluding hydrogens is 473 g/mol. The molecule has 0 saturated carbocycles. The number of nitrogens with zero attached hydrogens (tertiary/aromatic N) is 5. The fraction of sp³-hybridized carbons (Fsp3) is 0.320. The summed E-state index contributed by atoms with van der Waals surface area (Å²) < 4.78 is 44.6. The molecule has 2 aromatic carbocycles. The van der Waals surface area contributed by atoms with E-state index in [9.17, 15) is 23.1 Å². The number of halogens is 3. The number of fused-ring (bicyclic) bond motifs is 3. The zero-order valence-corrected chi connectivity index (χ0v) is 19.1. The SMILES string of the molecule is O=C(Nc1cccc2nn3ccc(N4C[C@@H](F)C[C@@H]4c4cc(F)ccc4F)nc3c12)N1CCC(O)C1. The fourth-order valence-electron chi connectivity index (χ4n) is 5.12. The van der Waals surface area contributed by atoms with Gasteiger partial charge in [0.1, 0.15) is 23.6 Å². The highest BCUT2D eigenvalue weighted by molar-refractivity contribution is 6.07. The highest BCUT2D eigenvalue weighted by atomic mass is 19.1. The summed E-state index contributed by atoms with van der Waals surface area (Å²) in [7, 11) is 0. The second-order valence-electron chi connectivity index (χ2n) is 9.24. The molecular formula is C25H23F3N6O2. The zero-order chi connectivity index (χ0) is 25.0. The maximum Gasteiger partial charge on any atom is 0.321 e. The molecule has 36 heavy (non-hydrogen) atoms. The van der Waals surface area contributed by atoms with Gasteiger partial charge in [0.05, 0.1) is 35.3 Å². The number of aliphatic hydroxyl groups is 1. The molecule has 2 aromatic heterocycles. The molecule has 0 bridgehead atoms. The fourth-order valence-corrected chi connectivity index (χ4v) is 5.12. The molecule has 11 heteroatoms. The van der Waals surface area contributed by atoms with E-state index in [1.807, 2.05) is 0 Å². The molecule has 2 saturated heterocycles. The molecule has 4 aromatic rings. The van der Waals surface area contributed by atoms with E-state index in [4.69, 9.17) is 4.98 Å². The third-order valence-corrected chi connectivity index (χ3v) is 6.84. The standard InChI is InChI=1S/C25H23F3N6O2/c26-14-4-5-18(28)17(10-14)21-11-15(27)12-33(21)22-7-9-34-24(30-22)23-19(2-1-3-20(23)31-34)29-25(36)32-8-6-16(35)13-32/h1-5,7,9-10,15-16,21,35H,6,8,11-13H2,(H,29,36)/t15-,16?,21+/m0/s1. The van der Waals surface area contributed by atoms with Crippen molar-refractivity contribution in [1.82, 2.24) is 19.5 Å². The second kappa shape index (κ2) is 8.66. The second-order valence-corrected chi connectivity index (χ2v) is 9.24. The first-order valence-electron chi connectivity index (χ1n) is 11.7. The Kier molecular flexibility index (Phi) is 5.44. The molecule has 6 rings (SSSR count). The minimum absolute atomic E-state index is 0.0102. The monoisotopic (exact) mass is 496 g/mol. The van der Waals surface area contributed by atoms with Gasteiger partial charge in [0, 0.05) is 31.3 Å². The quantitative estimate of drug-likeness (QED) is 0.447. The Morgan fingerprint density at radius 1 is 1.14 bits per heavy atom. The lowest BCUT2D eigenvalue weighted by atomic mass is 10.0. The maximum absolute atomic E-state index is 14.6. The van der Waals surface area contributed by atoms with E-state index in [2.05, 4.69) is 10.4 Å². The summed E-state index contributed by atoms with van der Waals surface area (Å²) in [5.74, 6) is -0.805. The van der Waals surface area contributed by atoms with Crippen molar-refractivity contribution >= 4 is 34.1 Å². The lowest BCUT2D eigenvalue weighted by molar-refractivity contribution is 0.176. The van der Waals surface area contributed by atoms with Crippen molar-refractivity contribution in [2.45, 2.75) is 31.2 Å². The number of urea groups is 1. The van der Waals surface area contributed by atoms with E-state index in [1.165, 1.54) is 4.90 Å². The van der Waals surface area contributed by atoms with Gasteiger partial charge in [-0.1, -0.05) is 6.07 Å². The van der Waals surface area contributed by atoms with Crippen molar-refractivity contribution in [3.05, 3.63) is 65.9 Å². The van der Waals surface area contributed by atoms with E-state index < -0.39 is 30.0 Å². The predicted molar refractivity (Wildman–Crippen MR) is 128 cm³/mol. The van der Waals surface area contributed by atoms with Gasteiger partial charge in [-0.05, 0) is 42.8 Å². The Bertz CT molecular complexity index is 1480. The summed E-state index contributed by atoms with van der Waals surface area (Å²) >= 11 is 0. The van der Waals surface area contributed by atoms with Gasteiger partial charge in [-0.25, -0.2) is 27.5 Å². The normalized spacial score (nSPS) is 22.2. The number of hydrogen-bond acceptors (Lipinski definition) is 5. The Labute approximate surface area is 203 Å². The molecule has 0 spiro atoms. The number of benzene rings is 2. The topological polar surface area (TPSA) is 86.0 Å². The summed E-state index contributed by atoms with van der Waals surface area (Å²) in [5.41, 5.74) is 1.60. The summed E-state index contributed by atoms with van der Waals surface area (Å²) in [4.78, 5) is 20.7. The first-order valence-corrected chi connectivity index (χ1v) is 11.7. The van der Waals surface area contributed by atoms with Gasteiger partial charge in [-0.15, -0.1) is 0 Å². The van der Waals surface area contributed by atoms with Crippen LogP contribution in [0.4, 0.5) is 29.5 Å². The molecule has 186 valence electrons. The number of aromatic nitrogens is 3. The van der Waals surface area contributed by atoms with Crippen LogP contribution in [0.15, 0.2) is 48.7 Å². The number of aliphatic hydroxyl groups excluding tert-OH is 1. The minimum Gasteiger partial charge on any atom is -0.391 e. The first-order chi connectivity index (χ1) is 17.4. The van der Waals surface area contributed by atoms with Crippen LogP contribution in [-0.2, 0) is 0 Å². The molecule has 3 atom stereocenters. The summed E-state index contributed by atoms with van der Waals surface area (Å²) in [6.45, 7) is 0.699. The molecule has 2 fully saturated rings. The molecule has 2 aliphatic rings. The Morgan fingerprint density at radius 2 is 2.00 bits per heavy atom. The third kappa shape index (κ3) is 3.89.